The van der Waals surface area contributed by atoms with Crippen LogP contribution < -0.4 is 10.3 Å². The van der Waals surface area contributed by atoms with Gasteiger partial charge in [-0.3, -0.25) is 14.6 Å². The maximum Gasteiger partial charge on any atom is 0.252 e. The maximum atomic E-state index is 13.2. The molecule has 2 aromatic heterocycles. The van der Waals surface area contributed by atoms with E-state index < -0.39 is 0 Å². The van der Waals surface area contributed by atoms with Gasteiger partial charge >= 0.3 is 0 Å². The second-order valence-corrected chi connectivity index (χ2v) is 10.2. The van der Waals surface area contributed by atoms with Crippen molar-refractivity contribution in [2.45, 2.75) is 39.9 Å². The van der Waals surface area contributed by atoms with E-state index in [1.54, 1.807) is 7.11 Å². The van der Waals surface area contributed by atoms with Crippen molar-refractivity contribution in [2.24, 2.45) is 0 Å². The van der Waals surface area contributed by atoms with Crippen LogP contribution in [0.25, 0.3) is 10.9 Å². The van der Waals surface area contributed by atoms with E-state index in [1.165, 1.54) is 0 Å². The van der Waals surface area contributed by atoms with Crippen LogP contribution in [0.5, 0.6) is 5.75 Å². The summed E-state index contributed by atoms with van der Waals surface area (Å²) in [5.74, 6) is 1.58. The number of benzene rings is 2. The average Bonchev–Trinajstić information content (AvgIpc) is 3.38. The van der Waals surface area contributed by atoms with Gasteiger partial charge in [-0.25, -0.2) is 4.68 Å². The molecule has 10 nitrogen and oxygen atoms in total. The molecule has 2 aromatic carbocycles. The molecule has 0 radical (unpaired) electrons. The topological polar surface area (TPSA) is 101 Å². The molecule has 1 saturated heterocycles. The standard InChI is InChI=1S/C29H37N7O3/c1-21-5-6-22(2)28-26(21)17-24(29(37)30-28)19-35(12-4-11-34-13-15-39-16-14-34)20-27-31-32-33-36(27)18-23-7-9-25(38-3)10-8-23/h5-10,17H,4,11-16,18-20H2,1-3H3,(H,30,37). The van der Waals surface area contributed by atoms with Crippen molar-refractivity contribution in [1.29, 1.82) is 0 Å². The van der Waals surface area contributed by atoms with E-state index >= 15 is 0 Å². The van der Waals surface area contributed by atoms with Crippen molar-refractivity contribution in [3.8, 4) is 5.75 Å². The molecule has 4 aromatic rings. The minimum absolute atomic E-state index is 0.0489. The number of nitrogens with zero attached hydrogens (tertiary/aromatic N) is 6. The second-order valence-electron chi connectivity index (χ2n) is 10.2. The van der Waals surface area contributed by atoms with E-state index in [0.29, 0.717) is 19.6 Å². The normalized spacial score (nSPS) is 14.4. The monoisotopic (exact) mass is 531 g/mol. The van der Waals surface area contributed by atoms with Crippen molar-refractivity contribution < 1.29 is 9.47 Å². The molecule has 0 bridgehead atoms. The van der Waals surface area contributed by atoms with Gasteiger partial charge in [0.15, 0.2) is 5.82 Å². The Hall–Kier alpha value is -3.60. The van der Waals surface area contributed by atoms with E-state index in [0.717, 1.165) is 90.5 Å². The second kappa shape index (κ2) is 12.5. The van der Waals surface area contributed by atoms with Crippen molar-refractivity contribution in [2.75, 3.05) is 46.5 Å². The van der Waals surface area contributed by atoms with Gasteiger partial charge in [-0.2, -0.15) is 0 Å². The van der Waals surface area contributed by atoms with E-state index in [1.807, 2.05) is 48.0 Å². The maximum absolute atomic E-state index is 13.2. The molecule has 1 fully saturated rings. The lowest BCUT2D eigenvalue weighted by atomic mass is 10.0. The molecule has 0 aliphatic carbocycles. The first-order chi connectivity index (χ1) is 19.0. The van der Waals surface area contributed by atoms with Crippen molar-refractivity contribution >= 4 is 10.9 Å². The van der Waals surface area contributed by atoms with Gasteiger partial charge in [0.2, 0.25) is 0 Å². The van der Waals surface area contributed by atoms with Crippen LogP contribution in [0.4, 0.5) is 0 Å². The number of pyridine rings is 1. The summed E-state index contributed by atoms with van der Waals surface area (Å²) in [6.07, 6.45) is 0.976. The zero-order valence-electron chi connectivity index (χ0n) is 23.0. The lowest BCUT2D eigenvalue weighted by Crippen LogP contribution is -2.38. The van der Waals surface area contributed by atoms with E-state index in [2.05, 4.69) is 43.3 Å². The summed E-state index contributed by atoms with van der Waals surface area (Å²) >= 11 is 0. The molecular weight excluding hydrogens is 494 g/mol. The van der Waals surface area contributed by atoms with Gasteiger partial charge in [-0.05, 0) is 72.1 Å². The summed E-state index contributed by atoms with van der Waals surface area (Å²) in [5, 5.41) is 13.7. The zero-order chi connectivity index (χ0) is 27.2. The molecule has 39 heavy (non-hydrogen) atoms. The number of fused-ring (bicyclic) bond motifs is 1. The van der Waals surface area contributed by atoms with Gasteiger partial charge in [-0.15, -0.1) is 5.10 Å². The third-order valence-electron chi connectivity index (χ3n) is 7.43. The highest BCUT2D eigenvalue weighted by atomic mass is 16.5. The van der Waals surface area contributed by atoms with Gasteiger partial charge in [0.25, 0.3) is 5.56 Å². The fraction of sp³-hybridized carbons (Fsp3) is 0.448. The van der Waals surface area contributed by atoms with E-state index in [-0.39, 0.29) is 5.56 Å². The Bertz CT molecular complexity index is 1440. The molecule has 3 heterocycles. The Morgan fingerprint density at radius 3 is 2.59 bits per heavy atom. The summed E-state index contributed by atoms with van der Waals surface area (Å²) in [5.41, 5.74) is 4.91. The van der Waals surface area contributed by atoms with Crippen LogP contribution in [0.3, 0.4) is 0 Å². The number of H-pyrrole nitrogens is 1. The predicted octanol–water partition coefficient (Wildman–Crippen LogP) is 2.91. The molecule has 0 spiro atoms. The Morgan fingerprint density at radius 1 is 1.05 bits per heavy atom. The third-order valence-corrected chi connectivity index (χ3v) is 7.43. The lowest BCUT2D eigenvalue weighted by molar-refractivity contribution is 0.0358. The number of rotatable bonds is 11. The Kier molecular flexibility index (Phi) is 8.65. The largest absolute Gasteiger partial charge is 0.497 e. The van der Waals surface area contributed by atoms with Gasteiger partial charge in [0.05, 0.1) is 38.9 Å². The van der Waals surface area contributed by atoms with Crippen LogP contribution in [0.15, 0.2) is 47.3 Å². The van der Waals surface area contributed by atoms with Crippen LogP contribution >= 0.6 is 0 Å². The molecule has 0 saturated carbocycles. The molecule has 0 atom stereocenters. The third kappa shape index (κ3) is 6.70. The highest BCUT2D eigenvalue weighted by molar-refractivity contribution is 5.85. The summed E-state index contributed by atoms with van der Waals surface area (Å²) in [7, 11) is 1.66. The van der Waals surface area contributed by atoms with Gasteiger partial charge < -0.3 is 14.5 Å². The molecule has 5 rings (SSSR count). The number of tetrazole rings is 1. The molecule has 206 valence electrons. The first-order valence-corrected chi connectivity index (χ1v) is 13.5. The molecule has 0 unspecified atom stereocenters. The van der Waals surface area contributed by atoms with Crippen molar-refractivity contribution in [1.82, 2.24) is 35.0 Å². The summed E-state index contributed by atoms with van der Waals surface area (Å²) in [4.78, 5) is 21.0. The number of aromatic amines is 1. The molecule has 1 N–H and O–H groups in total. The number of morpholine rings is 1. The van der Waals surface area contributed by atoms with Crippen LogP contribution in [0.2, 0.25) is 0 Å². The highest BCUT2D eigenvalue weighted by Crippen LogP contribution is 2.21. The minimum Gasteiger partial charge on any atom is -0.497 e. The van der Waals surface area contributed by atoms with Gasteiger partial charge in [0, 0.05) is 37.1 Å². The number of aromatic nitrogens is 5. The zero-order valence-corrected chi connectivity index (χ0v) is 23.0. The Morgan fingerprint density at radius 2 is 1.82 bits per heavy atom. The Balaban J connectivity index is 1.36. The van der Waals surface area contributed by atoms with Crippen LogP contribution in [0.1, 0.15) is 34.5 Å². The molecular formula is C29H37N7O3. The molecule has 0 amide bonds. The van der Waals surface area contributed by atoms with E-state index in [9.17, 15) is 4.79 Å². The number of ether oxygens (including phenoxy) is 2. The van der Waals surface area contributed by atoms with Crippen molar-refractivity contribution in [3.05, 3.63) is 80.9 Å². The predicted molar refractivity (Wildman–Crippen MR) is 150 cm³/mol. The SMILES string of the molecule is COc1ccc(Cn2nnnc2CN(CCCN2CCOCC2)Cc2cc3c(C)ccc(C)c3[nH]c2=O)cc1. The quantitative estimate of drug-likeness (QED) is 0.315. The number of methoxy groups -OCH3 is 1. The Labute approximate surface area is 228 Å². The summed E-state index contributed by atoms with van der Waals surface area (Å²) in [6, 6.07) is 14.1. The summed E-state index contributed by atoms with van der Waals surface area (Å²) in [6.45, 7) is 11.0. The van der Waals surface area contributed by atoms with Crippen LogP contribution in [-0.2, 0) is 24.4 Å². The van der Waals surface area contributed by atoms with Crippen LogP contribution in [0, 0.1) is 13.8 Å². The summed E-state index contributed by atoms with van der Waals surface area (Å²) < 4.78 is 12.6. The number of nitrogens with one attached hydrogen (secondary N) is 1. The molecule has 1 aliphatic rings. The first-order valence-electron chi connectivity index (χ1n) is 13.5. The van der Waals surface area contributed by atoms with E-state index in [4.69, 9.17) is 9.47 Å². The van der Waals surface area contributed by atoms with Gasteiger partial charge in [0.1, 0.15) is 5.75 Å². The number of aryl methyl sites for hydroxylation is 2. The fourth-order valence-corrected chi connectivity index (χ4v) is 5.10. The smallest absolute Gasteiger partial charge is 0.252 e. The molecule has 10 heteroatoms. The van der Waals surface area contributed by atoms with Crippen molar-refractivity contribution in [3.63, 3.8) is 0 Å². The average molecular weight is 532 g/mol. The molecule has 1 aliphatic heterocycles. The van der Waals surface area contributed by atoms with Crippen LogP contribution in [-0.4, -0.2) is 81.5 Å². The first kappa shape index (κ1) is 27.0. The number of hydrogen-bond donors (Lipinski definition) is 1. The number of hydrogen-bond acceptors (Lipinski definition) is 8. The lowest BCUT2D eigenvalue weighted by Gasteiger charge is -2.28. The minimum atomic E-state index is -0.0489. The fourth-order valence-electron chi connectivity index (χ4n) is 5.10. The van der Waals surface area contributed by atoms with Gasteiger partial charge in [-0.1, -0.05) is 24.3 Å². The highest BCUT2D eigenvalue weighted by Gasteiger charge is 2.17.